The first-order chi connectivity index (χ1) is 12.6. The van der Waals surface area contributed by atoms with Gasteiger partial charge in [0.25, 0.3) is 5.91 Å². The van der Waals surface area contributed by atoms with Gasteiger partial charge in [0.1, 0.15) is 0 Å². The number of aliphatic hydroxyl groups excluding tert-OH is 1. The zero-order chi connectivity index (χ0) is 19.7. The second-order valence-corrected chi connectivity index (χ2v) is 10.5. The summed E-state index contributed by atoms with van der Waals surface area (Å²) in [5.74, 6) is 0.334. The average Bonchev–Trinajstić information content (AvgIpc) is 2.64. The molecule has 0 aliphatic carbocycles. The molecule has 2 fully saturated rings. The zero-order valence-corrected chi connectivity index (χ0v) is 16.7. The van der Waals surface area contributed by atoms with Gasteiger partial charge in [-0.1, -0.05) is 18.2 Å². The van der Waals surface area contributed by atoms with Crippen molar-refractivity contribution in [2.24, 2.45) is 4.36 Å². The number of nitrogens with zero attached hydrogens (tertiary/aromatic N) is 2. The lowest BCUT2D eigenvalue weighted by molar-refractivity contribution is -0.169. The maximum Gasteiger partial charge on any atom is 0.254 e. The van der Waals surface area contributed by atoms with E-state index < -0.39 is 32.9 Å². The first kappa shape index (κ1) is 20.3. The average molecular weight is 397 g/mol. The third-order valence-corrected chi connectivity index (χ3v) is 7.47. The van der Waals surface area contributed by atoms with Crippen LogP contribution in [0.4, 0.5) is 5.69 Å². The second kappa shape index (κ2) is 7.50. The Morgan fingerprint density at radius 3 is 2.52 bits per heavy atom. The minimum Gasteiger partial charge on any atom is -0.387 e. The number of hydrogen-bond acceptors (Lipinski definition) is 6. The molecule has 2 N–H and O–H groups in total. The lowest BCUT2D eigenvalue weighted by Gasteiger charge is -2.46. The molecule has 1 unspecified atom stereocenters. The Labute approximate surface area is 160 Å². The van der Waals surface area contributed by atoms with Crippen molar-refractivity contribution in [3.8, 4) is 0 Å². The van der Waals surface area contributed by atoms with Gasteiger partial charge in [0, 0.05) is 24.6 Å². The summed E-state index contributed by atoms with van der Waals surface area (Å²) in [5.41, 5.74) is -1.34. The number of carbonyl (C=O) groups excluding carboxylic acids is 1. The molecule has 2 heterocycles. The van der Waals surface area contributed by atoms with Gasteiger partial charge in [-0.05, 0) is 38.8 Å². The van der Waals surface area contributed by atoms with E-state index in [1.54, 1.807) is 4.90 Å². The fourth-order valence-electron chi connectivity index (χ4n) is 3.50. The fourth-order valence-corrected chi connectivity index (χ4v) is 5.78. The summed E-state index contributed by atoms with van der Waals surface area (Å²) in [7, 11) is -2.34. The Balaban J connectivity index is 1.69. The molecule has 8 heteroatoms. The monoisotopic (exact) mass is 396 g/mol. The number of morpholine rings is 1. The minimum atomic E-state index is -2.34. The first-order valence-electron chi connectivity index (χ1n) is 9.23. The van der Waals surface area contributed by atoms with Gasteiger partial charge in [0.05, 0.1) is 33.2 Å². The summed E-state index contributed by atoms with van der Waals surface area (Å²) in [6.45, 7) is 3.89. The molecular formula is C19H28N2O5S. The van der Waals surface area contributed by atoms with Crippen LogP contribution in [0.1, 0.15) is 26.7 Å². The Bertz CT molecular complexity index is 782. The summed E-state index contributed by atoms with van der Waals surface area (Å²) < 4.78 is 23.5. The molecule has 0 bridgehead atoms. The van der Waals surface area contributed by atoms with E-state index in [2.05, 4.69) is 4.36 Å². The molecule has 3 rings (SSSR count). The van der Waals surface area contributed by atoms with E-state index in [1.807, 2.05) is 30.3 Å². The summed E-state index contributed by atoms with van der Waals surface area (Å²) in [6, 6.07) is 9.31. The molecular weight excluding hydrogens is 368 g/mol. The van der Waals surface area contributed by atoms with Gasteiger partial charge in [-0.15, -0.1) is 0 Å². The van der Waals surface area contributed by atoms with Crippen molar-refractivity contribution in [3.63, 3.8) is 0 Å². The lowest BCUT2D eigenvalue weighted by Crippen LogP contribution is -2.60. The van der Waals surface area contributed by atoms with Crippen LogP contribution in [0.25, 0.3) is 0 Å². The Hall–Kier alpha value is -1.48. The Morgan fingerprint density at radius 2 is 1.93 bits per heavy atom. The third-order valence-electron chi connectivity index (χ3n) is 5.24. The van der Waals surface area contributed by atoms with Crippen LogP contribution in [0.3, 0.4) is 0 Å². The largest absolute Gasteiger partial charge is 0.387 e. The second-order valence-electron chi connectivity index (χ2n) is 7.96. The van der Waals surface area contributed by atoms with Crippen LogP contribution in [-0.4, -0.2) is 73.7 Å². The van der Waals surface area contributed by atoms with Crippen LogP contribution in [0.2, 0.25) is 0 Å². The number of benzene rings is 1. The predicted molar refractivity (Wildman–Crippen MR) is 103 cm³/mol. The van der Waals surface area contributed by atoms with Crippen LogP contribution in [0.5, 0.6) is 0 Å². The highest BCUT2D eigenvalue weighted by atomic mass is 32.2. The topological polar surface area (TPSA) is 99.4 Å². The highest BCUT2D eigenvalue weighted by Gasteiger charge is 2.44. The van der Waals surface area contributed by atoms with E-state index in [0.29, 0.717) is 49.7 Å². The highest BCUT2D eigenvalue weighted by molar-refractivity contribution is 7.93. The van der Waals surface area contributed by atoms with Gasteiger partial charge in [0.15, 0.2) is 6.10 Å². The van der Waals surface area contributed by atoms with Crippen molar-refractivity contribution in [1.82, 2.24) is 4.90 Å². The van der Waals surface area contributed by atoms with Crippen molar-refractivity contribution in [1.29, 1.82) is 0 Å². The molecule has 1 spiro atoms. The van der Waals surface area contributed by atoms with Gasteiger partial charge >= 0.3 is 0 Å². The summed E-state index contributed by atoms with van der Waals surface area (Å²) in [6.07, 6.45) is -0.386. The molecule has 7 nitrogen and oxygen atoms in total. The van der Waals surface area contributed by atoms with Crippen LogP contribution < -0.4 is 0 Å². The summed E-state index contributed by atoms with van der Waals surface area (Å²) in [4.78, 5) is 14.1. The van der Waals surface area contributed by atoms with Crippen molar-refractivity contribution in [3.05, 3.63) is 30.3 Å². The fraction of sp³-hybridized carbons (Fsp3) is 0.632. The molecule has 150 valence electrons. The van der Waals surface area contributed by atoms with E-state index in [4.69, 9.17) is 4.74 Å². The van der Waals surface area contributed by atoms with E-state index in [0.717, 1.165) is 0 Å². The van der Waals surface area contributed by atoms with Crippen LogP contribution >= 0.6 is 0 Å². The van der Waals surface area contributed by atoms with Crippen LogP contribution in [0, 0.1) is 0 Å². The Morgan fingerprint density at radius 1 is 1.30 bits per heavy atom. The van der Waals surface area contributed by atoms with E-state index >= 15 is 0 Å². The molecule has 27 heavy (non-hydrogen) atoms. The SMILES string of the molecule is CC(C)(O)C(O)C(=O)N1CCOC2(CCS(=O)(=Nc3ccccc3)CC2)C1. The highest BCUT2D eigenvalue weighted by Crippen LogP contribution is 2.33. The van der Waals surface area contributed by atoms with Gasteiger partial charge < -0.3 is 19.8 Å². The first-order valence-corrected chi connectivity index (χ1v) is 11.1. The van der Waals surface area contributed by atoms with Gasteiger partial charge in [-0.25, -0.2) is 4.21 Å². The summed E-state index contributed by atoms with van der Waals surface area (Å²) in [5, 5.41) is 20.0. The number of rotatable bonds is 3. The van der Waals surface area contributed by atoms with Crippen molar-refractivity contribution in [2.45, 2.75) is 44.0 Å². The Kier molecular flexibility index (Phi) is 5.63. The van der Waals surface area contributed by atoms with E-state index in [9.17, 15) is 19.2 Å². The standard InChI is InChI=1S/C19H28N2O5S/c1-18(2,24)16(22)17(23)21-10-11-26-19(14-21)8-12-27(25,13-9-19)20-15-6-4-3-5-7-15/h3-7,16,22,24H,8-14H2,1-2H3. The van der Waals surface area contributed by atoms with Crippen molar-refractivity contribution < 1.29 is 24.0 Å². The molecule has 2 aliphatic rings. The molecule has 0 saturated carbocycles. The summed E-state index contributed by atoms with van der Waals surface area (Å²) >= 11 is 0. The molecule has 1 aromatic carbocycles. The molecule has 1 aromatic rings. The minimum absolute atomic E-state index is 0.333. The van der Waals surface area contributed by atoms with E-state index in [-0.39, 0.29) is 0 Å². The molecule has 1 atom stereocenters. The lowest BCUT2D eigenvalue weighted by atomic mass is 9.93. The van der Waals surface area contributed by atoms with Gasteiger partial charge in [-0.2, -0.15) is 4.36 Å². The number of aliphatic hydroxyl groups is 2. The number of amides is 1. The normalized spacial score (nSPS) is 30.1. The molecule has 0 aromatic heterocycles. The third kappa shape index (κ3) is 4.68. The predicted octanol–water partition coefficient (Wildman–Crippen LogP) is 1.31. The quantitative estimate of drug-likeness (QED) is 0.803. The maximum absolute atomic E-state index is 13.1. The maximum atomic E-state index is 13.1. The number of hydrogen-bond donors (Lipinski definition) is 2. The molecule has 2 aliphatic heterocycles. The van der Waals surface area contributed by atoms with Gasteiger partial charge in [0.2, 0.25) is 0 Å². The van der Waals surface area contributed by atoms with Crippen LogP contribution in [0.15, 0.2) is 34.7 Å². The van der Waals surface area contributed by atoms with E-state index in [1.165, 1.54) is 13.8 Å². The zero-order valence-electron chi connectivity index (χ0n) is 15.8. The molecule has 2 saturated heterocycles. The molecule has 1 amide bonds. The van der Waals surface area contributed by atoms with Crippen molar-refractivity contribution in [2.75, 3.05) is 31.2 Å². The van der Waals surface area contributed by atoms with Crippen LogP contribution in [-0.2, 0) is 19.3 Å². The smallest absolute Gasteiger partial charge is 0.254 e. The van der Waals surface area contributed by atoms with Gasteiger partial charge in [-0.3, -0.25) is 4.79 Å². The number of ether oxygens (including phenoxy) is 1. The molecule has 0 radical (unpaired) electrons. The number of carbonyl (C=O) groups is 1. The van der Waals surface area contributed by atoms with Crippen molar-refractivity contribution >= 4 is 21.3 Å².